The molecule has 0 saturated carbocycles. The van der Waals surface area contributed by atoms with Crippen molar-refractivity contribution in [3.05, 3.63) is 134 Å². The van der Waals surface area contributed by atoms with Gasteiger partial charge in [0.15, 0.2) is 34.9 Å². The van der Waals surface area contributed by atoms with Gasteiger partial charge in [0.05, 0.1) is 6.15 Å². The van der Waals surface area contributed by atoms with E-state index in [1.807, 2.05) is 84.0 Å². The zero-order chi connectivity index (χ0) is 38.1. The second kappa shape index (κ2) is 13.7. The van der Waals surface area contributed by atoms with Crippen LogP contribution in [0.4, 0.5) is 43.9 Å². The lowest BCUT2D eigenvalue weighted by atomic mass is 9.15. The van der Waals surface area contributed by atoms with E-state index in [9.17, 15) is 26.3 Å². The van der Waals surface area contributed by atoms with E-state index < -0.39 is 95.8 Å². The number of benzene rings is 5. The van der Waals surface area contributed by atoms with Crippen LogP contribution in [0, 0.1) is 99.7 Å². The summed E-state index contributed by atoms with van der Waals surface area (Å²) < 4.78 is 150. The van der Waals surface area contributed by atoms with Gasteiger partial charge in [0.25, 0.3) is 0 Å². The van der Waals surface area contributed by atoms with Gasteiger partial charge < -0.3 is 0 Å². The molecule has 6 rings (SSSR count). The SMILES string of the molecule is Cc1cc(C)c(-c2cccc(-c3c(C)cc(C)cc3C)c2[PH+]2CC[B-](c3c(F)c(F)c(F)c(F)c3F)(c3c(F)c(F)c(F)c(F)c3F)CC2)c(C)c1. The molecule has 1 aliphatic rings. The average Bonchev–Trinajstić information content (AvgIpc) is 3.08. The topological polar surface area (TPSA) is 0 Å². The van der Waals surface area contributed by atoms with Gasteiger partial charge in [0.1, 0.15) is 28.6 Å². The summed E-state index contributed by atoms with van der Waals surface area (Å²) in [7, 11) is -1.95. The zero-order valence-corrected chi connectivity index (χ0v) is 30.2. The highest BCUT2D eigenvalue weighted by molar-refractivity contribution is 7.67. The van der Waals surface area contributed by atoms with Crippen molar-refractivity contribution >= 4 is 30.3 Å². The van der Waals surface area contributed by atoms with Crippen molar-refractivity contribution in [3.63, 3.8) is 0 Å². The molecular formula is C40H34BF10P. The minimum absolute atomic E-state index is 0.0540. The fourth-order valence-electron chi connectivity index (χ4n) is 8.86. The van der Waals surface area contributed by atoms with E-state index in [0.29, 0.717) is 0 Å². The van der Waals surface area contributed by atoms with Gasteiger partial charge in [-0.15, -0.1) is 23.6 Å². The van der Waals surface area contributed by atoms with E-state index in [2.05, 4.69) is 0 Å². The van der Waals surface area contributed by atoms with E-state index in [1.54, 1.807) is 0 Å². The van der Waals surface area contributed by atoms with Gasteiger partial charge in [-0.05, 0) is 74.9 Å². The molecule has 1 fully saturated rings. The molecule has 12 heteroatoms. The van der Waals surface area contributed by atoms with Crippen LogP contribution in [-0.4, -0.2) is 18.5 Å². The van der Waals surface area contributed by atoms with Gasteiger partial charge in [-0.1, -0.05) is 53.6 Å². The van der Waals surface area contributed by atoms with Crippen LogP contribution in [0.1, 0.15) is 33.4 Å². The molecule has 0 nitrogen and oxygen atoms in total. The molecule has 0 N–H and O–H groups in total. The number of hydrogen-bond acceptors (Lipinski definition) is 0. The third-order valence-corrected chi connectivity index (χ3v) is 13.8. The molecule has 0 bridgehead atoms. The van der Waals surface area contributed by atoms with Gasteiger partial charge in [-0.25, -0.2) is 43.9 Å². The van der Waals surface area contributed by atoms with Gasteiger partial charge in [0.2, 0.25) is 0 Å². The second-order valence-corrected chi connectivity index (χ2v) is 16.9. The Bertz CT molecular complexity index is 2040. The summed E-state index contributed by atoms with van der Waals surface area (Å²) in [5, 5.41) is 0.886. The minimum Gasteiger partial charge on any atom is -0.207 e. The van der Waals surface area contributed by atoms with Crippen molar-refractivity contribution in [1.29, 1.82) is 0 Å². The van der Waals surface area contributed by atoms with Gasteiger partial charge in [0, 0.05) is 31.4 Å². The quantitative estimate of drug-likeness (QED) is 0.0553. The van der Waals surface area contributed by atoms with E-state index in [4.69, 9.17) is 0 Å². The predicted octanol–water partition coefficient (Wildman–Crippen LogP) is 10.4. The average molecular weight is 746 g/mol. The lowest BCUT2D eigenvalue weighted by Crippen LogP contribution is -2.65. The van der Waals surface area contributed by atoms with E-state index in [1.165, 1.54) is 0 Å². The highest BCUT2D eigenvalue weighted by Crippen LogP contribution is 2.51. The van der Waals surface area contributed by atoms with Crippen LogP contribution in [0.25, 0.3) is 22.3 Å². The monoisotopic (exact) mass is 746 g/mol. The Balaban J connectivity index is 1.63. The molecule has 0 radical (unpaired) electrons. The first-order chi connectivity index (χ1) is 24.4. The smallest absolute Gasteiger partial charge is 0.200 e. The van der Waals surface area contributed by atoms with E-state index >= 15 is 17.6 Å². The number of halogens is 10. The Morgan fingerprint density at radius 2 is 0.731 bits per heavy atom. The molecule has 0 atom stereocenters. The van der Waals surface area contributed by atoms with Crippen molar-refractivity contribution in [3.8, 4) is 22.3 Å². The molecular weight excluding hydrogens is 712 g/mol. The van der Waals surface area contributed by atoms with Gasteiger partial charge >= 0.3 is 0 Å². The van der Waals surface area contributed by atoms with Crippen molar-refractivity contribution in [2.24, 2.45) is 0 Å². The van der Waals surface area contributed by atoms with Crippen LogP contribution in [0.5, 0.6) is 0 Å². The molecule has 272 valence electrons. The van der Waals surface area contributed by atoms with Crippen molar-refractivity contribution < 1.29 is 43.9 Å². The first-order valence-corrected chi connectivity index (χ1v) is 18.7. The fourth-order valence-corrected chi connectivity index (χ4v) is 12.5. The van der Waals surface area contributed by atoms with Crippen LogP contribution in [0.3, 0.4) is 0 Å². The largest absolute Gasteiger partial charge is 0.207 e. The van der Waals surface area contributed by atoms with Crippen molar-refractivity contribution in [1.82, 2.24) is 0 Å². The molecule has 1 saturated heterocycles. The summed E-state index contributed by atoms with van der Waals surface area (Å²) in [5.41, 5.74) is 6.38. The lowest BCUT2D eigenvalue weighted by molar-refractivity contribution is 0.381. The number of rotatable bonds is 5. The fraction of sp³-hybridized carbons (Fsp3) is 0.250. The van der Waals surface area contributed by atoms with Crippen LogP contribution in [0.15, 0.2) is 42.5 Å². The normalized spacial score (nSPS) is 14.7. The van der Waals surface area contributed by atoms with Crippen molar-refractivity contribution in [2.75, 3.05) is 12.3 Å². The second-order valence-electron chi connectivity index (χ2n) is 14.2. The highest BCUT2D eigenvalue weighted by atomic mass is 31.1. The Kier molecular flexibility index (Phi) is 9.92. The standard InChI is InChI=1S/C40H33BF10P/c1-18-14-20(3)26(21(4)15-18)24-8-7-9-25(27-22(5)16-19(2)17-23(27)6)40(24)52-12-10-41(11-13-52,28-30(42)34(46)38(50)35(47)31(28)43)29-32(44)36(48)39(51)37(49)33(29)45/h7-9,14-17H,10-13H2,1-6H3/q-1/p+1. The number of aryl methyl sites for hydroxylation is 6. The Hall–Kier alpha value is -4.11. The molecule has 0 spiro atoms. The summed E-state index contributed by atoms with van der Waals surface area (Å²) in [6.45, 7) is 11.8. The first kappa shape index (κ1) is 37.6. The zero-order valence-electron chi connectivity index (χ0n) is 29.2. The van der Waals surface area contributed by atoms with Crippen molar-refractivity contribution in [2.45, 2.75) is 54.2 Å². The molecule has 0 unspecified atom stereocenters. The number of hydrogen-bond donors (Lipinski definition) is 0. The van der Waals surface area contributed by atoms with Gasteiger partial charge in [-0.2, -0.15) is 0 Å². The third kappa shape index (κ3) is 5.84. The maximum Gasteiger partial charge on any atom is 0.200 e. The first-order valence-electron chi connectivity index (χ1n) is 16.8. The van der Waals surface area contributed by atoms with E-state index in [0.717, 1.165) is 60.9 Å². The Labute approximate surface area is 296 Å². The predicted molar refractivity (Wildman–Crippen MR) is 191 cm³/mol. The maximum absolute atomic E-state index is 15.7. The molecule has 5 aromatic rings. The molecule has 0 aromatic heterocycles. The summed E-state index contributed by atoms with van der Waals surface area (Å²) in [6.07, 6.45) is -5.12. The van der Waals surface area contributed by atoms with Gasteiger partial charge in [-0.3, -0.25) is 0 Å². The van der Waals surface area contributed by atoms with Crippen LogP contribution in [-0.2, 0) is 0 Å². The molecule has 5 aromatic carbocycles. The molecule has 1 heterocycles. The summed E-state index contributed by atoms with van der Waals surface area (Å²) in [5.74, 6) is -24.0. The summed E-state index contributed by atoms with van der Waals surface area (Å²) >= 11 is 0. The van der Waals surface area contributed by atoms with Crippen LogP contribution in [0.2, 0.25) is 12.6 Å². The minimum atomic E-state index is -3.78. The lowest BCUT2D eigenvalue weighted by Gasteiger charge is -2.45. The van der Waals surface area contributed by atoms with Crippen LogP contribution >= 0.6 is 7.92 Å². The molecule has 52 heavy (non-hydrogen) atoms. The van der Waals surface area contributed by atoms with Crippen LogP contribution < -0.4 is 16.2 Å². The molecule has 1 aliphatic heterocycles. The highest BCUT2D eigenvalue weighted by Gasteiger charge is 2.47. The maximum atomic E-state index is 15.7. The Morgan fingerprint density at radius 1 is 0.442 bits per heavy atom. The molecule has 0 amide bonds. The summed E-state index contributed by atoms with van der Waals surface area (Å²) in [4.78, 5) is 0. The molecule has 0 aliphatic carbocycles. The summed E-state index contributed by atoms with van der Waals surface area (Å²) in [6, 6.07) is 13.9. The van der Waals surface area contributed by atoms with E-state index in [-0.39, 0.29) is 12.3 Å². The Morgan fingerprint density at radius 3 is 1.04 bits per heavy atom. The third-order valence-electron chi connectivity index (χ3n) is 10.8.